The first-order chi connectivity index (χ1) is 11.6. The van der Waals surface area contributed by atoms with Gasteiger partial charge in [-0.25, -0.2) is 17.5 Å². The quantitative estimate of drug-likeness (QED) is 0.773. The Bertz CT molecular complexity index is 947. The van der Waals surface area contributed by atoms with Crippen LogP contribution >= 0.6 is 0 Å². The fraction of sp³-hybridized carbons (Fsp3) is 0.0588. The minimum absolute atomic E-state index is 0.0460. The van der Waals surface area contributed by atoms with Crippen molar-refractivity contribution < 1.29 is 12.8 Å². The molecule has 0 bridgehead atoms. The van der Waals surface area contributed by atoms with E-state index in [1.54, 1.807) is 42.9 Å². The fourth-order valence-electron chi connectivity index (χ4n) is 2.24. The van der Waals surface area contributed by atoms with Crippen LogP contribution in [0.25, 0.3) is 11.3 Å². The third-order valence-electron chi connectivity index (χ3n) is 3.40. The molecule has 0 atom stereocenters. The number of aromatic nitrogens is 2. The van der Waals surface area contributed by atoms with Crippen molar-refractivity contribution in [1.29, 1.82) is 0 Å². The molecule has 0 saturated heterocycles. The van der Waals surface area contributed by atoms with E-state index in [0.29, 0.717) is 11.3 Å². The highest BCUT2D eigenvalue weighted by Crippen LogP contribution is 2.20. The molecule has 5 nitrogen and oxygen atoms in total. The summed E-state index contributed by atoms with van der Waals surface area (Å²) < 4.78 is 40.3. The predicted octanol–water partition coefficient (Wildman–Crippen LogP) is 2.76. The summed E-state index contributed by atoms with van der Waals surface area (Å²) in [5, 5.41) is 0. The van der Waals surface area contributed by atoms with E-state index in [1.165, 1.54) is 18.2 Å². The summed E-state index contributed by atoms with van der Waals surface area (Å²) in [4.78, 5) is 8.16. The van der Waals surface area contributed by atoms with Crippen molar-refractivity contribution in [2.75, 3.05) is 0 Å². The standard InChI is InChI=1S/C17H14FN3O2S/c18-15-4-1-5-16(11-15)24(22,23)21-12-14-3-2-8-20-17(14)13-6-9-19-10-7-13/h1-11,21H,12H2. The maximum atomic E-state index is 13.2. The monoisotopic (exact) mass is 343 g/mol. The van der Waals surface area contributed by atoms with Crippen LogP contribution in [0.2, 0.25) is 0 Å². The molecular weight excluding hydrogens is 329 g/mol. The maximum Gasteiger partial charge on any atom is 0.240 e. The van der Waals surface area contributed by atoms with E-state index < -0.39 is 15.8 Å². The molecule has 24 heavy (non-hydrogen) atoms. The van der Waals surface area contributed by atoms with E-state index in [1.807, 2.05) is 0 Å². The van der Waals surface area contributed by atoms with E-state index in [-0.39, 0.29) is 11.4 Å². The van der Waals surface area contributed by atoms with E-state index in [2.05, 4.69) is 14.7 Å². The van der Waals surface area contributed by atoms with Crippen molar-refractivity contribution in [1.82, 2.24) is 14.7 Å². The molecular formula is C17H14FN3O2S. The van der Waals surface area contributed by atoms with Crippen LogP contribution in [0.3, 0.4) is 0 Å². The van der Waals surface area contributed by atoms with Gasteiger partial charge in [-0.05, 0) is 42.0 Å². The Hall–Kier alpha value is -2.64. The summed E-state index contributed by atoms with van der Waals surface area (Å²) in [5.74, 6) is -0.600. The van der Waals surface area contributed by atoms with Crippen LogP contribution in [0.1, 0.15) is 5.56 Å². The second kappa shape index (κ2) is 6.86. The average molecular weight is 343 g/mol. The number of pyridine rings is 2. The molecule has 0 fully saturated rings. The third-order valence-corrected chi connectivity index (χ3v) is 4.80. The van der Waals surface area contributed by atoms with Crippen LogP contribution in [0, 0.1) is 5.82 Å². The van der Waals surface area contributed by atoms with Gasteiger partial charge < -0.3 is 0 Å². The molecule has 1 aromatic carbocycles. The summed E-state index contributed by atoms with van der Waals surface area (Å²) in [6, 6.07) is 12.0. The molecule has 122 valence electrons. The van der Waals surface area contributed by atoms with Crippen LogP contribution in [0.15, 0.2) is 72.0 Å². The molecule has 0 unspecified atom stereocenters. The summed E-state index contributed by atoms with van der Waals surface area (Å²) in [6.07, 6.45) is 4.93. The second-order valence-corrected chi connectivity index (χ2v) is 6.80. The molecule has 0 amide bonds. The molecule has 0 radical (unpaired) electrons. The van der Waals surface area contributed by atoms with Crippen molar-refractivity contribution in [2.24, 2.45) is 0 Å². The zero-order valence-corrected chi connectivity index (χ0v) is 13.4. The highest BCUT2D eigenvalue weighted by Gasteiger charge is 2.15. The van der Waals surface area contributed by atoms with Gasteiger partial charge in [0.2, 0.25) is 10.0 Å². The first kappa shape index (κ1) is 16.2. The smallest absolute Gasteiger partial charge is 0.240 e. The van der Waals surface area contributed by atoms with Crippen molar-refractivity contribution >= 4 is 10.0 Å². The largest absolute Gasteiger partial charge is 0.265 e. The Labute approximate surface area is 139 Å². The number of nitrogens with one attached hydrogen (secondary N) is 1. The number of hydrogen-bond acceptors (Lipinski definition) is 4. The lowest BCUT2D eigenvalue weighted by molar-refractivity contribution is 0.577. The van der Waals surface area contributed by atoms with Gasteiger partial charge in [0.25, 0.3) is 0 Å². The summed E-state index contributed by atoms with van der Waals surface area (Å²) in [6.45, 7) is 0.0460. The van der Waals surface area contributed by atoms with Gasteiger partial charge >= 0.3 is 0 Å². The zero-order valence-electron chi connectivity index (χ0n) is 12.6. The van der Waals surface area contributed by atoms with Gasteiger partial charge in [0.15, 0.2) is 0 Å². The molecule has 2 aromatic heterocycles. The van der Waals surface area contributed by atoms with Gasteiger partial charge in [-0.1, -0.05) is 12.1 Å². The Morgan fingerprint density at radius 2 is 1.79 bits per heavy atom. The minimum Gasteiger partial charge on any atom is -0.265 e. The second-order valence-electron chi connectivity index (χ2n) is 5.03. The number of halogens is 1. The minimum atomic E-state index is -3.81. The maximum absolute atomic E-state index is 13.2. The van der Waals surface area contributed by atoms with Crippen molar-refractivity contribution in [2.45, 2.75) is 11.4 Å². The highest BCUT2D eigenvalue weighted by atomic mass is 32.2. The van der Waals surface area contributed by atoms with E-state index in [9.17, 15) is 12.8 Å². The molecule has 0 spiro atoms. The lowest BCUT2D eigenvalue weighted by Crippen LogP contribution is -2.23. The third kappa shape index (κ3) is 3.64. The first-order valence-corrected chi connectivity index (χ1v) is 8.64. The van der Waals surface area contributed by atoms with E-state index in [4.69, 9.17) is 0 Å². The van der Waals surface area contributed by atoms with Gasteiger partial charge in [0.1, 0.15) is 5.82 Å². The van der Waals surface area contributed by atoms with Gasteiger partial charge in [0, 0.05) is 30.7 Å². The first-order valence-electron chi connectivity index (χ1n) is 7.16. The molecule has 0 saturated carbocycles. The Morgan fingerprint density at radius 3 is 2.54 bits per heavy atom. The van der Waals surface area contributed by atoms with Crippen LogP contribution in [-0.2, 0) is 16.6 Å². The van der Waals surface area contributed by atoms with Crippen molar-refractivity contribution in [3.63, 3.8) is 0 Å². The summed E-state index contributed by atoms with van der Waals surface area (Å²) in [7, 11) is -3.81. The molecule has 0 aliphatic rings. The molecule has 3 rings (SSSR count). The zero-order chi connectivity index (χ0) is 17.0. The lowest BCUT2D eigenvalue weighted by atomic mass is 10.1. The predicted molar refractivity (Wildman–Crippen MR) is 87.9 cm³/mol. The molecule has 1 N–H and O–H groups in total. The average Bonchev–Trinajstić information content (AvgIpc) is 2.61. The number of sulfonamides is 1. The van der Waals surface area contributed by atoms with Gasteiger partial charge in [-0.3, -0.25) is 9.97 Å². The summed E-state index contributed by atoms with van der Waals surface area (Å²) in [5.41, 5.74) is 2.22. The van der Waals surface area contributed by atoms with E-state index in [0.717, 1.165) is 11.6 Å². The van der Waals surface area contributed by atoms with Crippen LogP contribution in [0.4, 0.5) is 4.39 Å². The van der Waals surface area contributed by atoms with E-state index >= 15 is 0 Å². The molecule has 7 heteroatoms. The molecule has 2 heterocycles. The summed E-state index contributed by atoms with van der Waals surface area (Å²) >= 11 is 0. The normalized spacial score (nSPS) is 11.4. The molecule has 3 aromatic rings. The van der Waals surface area contributed by atoms with Crippen LogP contribution in [0.5, 0.6) is 0 Å². The Balaban J connectivity index is 1.85. The molecule has 0 aliphatic heterocycles. The highest BCUT2D eigenvalue weighted by molar-refractivity contribution is 7.89. The number of nitrogens with zero attached hydrogens (tertiary/aromatic N) is 2. The van der Waals surface area contributed by atoms with Crippen molar-refractivity contribution in [3.05, 3.63) is 78.5 Å². The fourth-order valence-corrected chi connectivity index (χ4v) is 3.28. The van der Waals surface area contributed by atoms with Gasteiger partial charge in [0.05, 0.1) is 10.6 Å². The Morgan fingerprint density at radius 1 is 1.00 bits per heavy atom. The number of hydrogen-bond donors (Lipinski definition) is 1. The van der Waals surface area contributed by atoms with Crippen molar-refractivity contribution in [3.8, 4) is 11.3 Å². The van der Waals surface area contributed by atoms with Gasteiger partial charge in [-0.2, -0.15) is 0 Å². The number of rotatable bonds is 5. The van der Waals surface area contributed by atoms with Gasteiger partial charge in [-0.15, -0.1) is 0 Å². The Kier molecular flexibility index (Phi) is 4.64. The lowest BCUT2D eigenvalue weighted by Gasteiger charge is -2.10. The van der Waals surface area contributed by atoms with Crippen LogP contribution in [-0.4, -0.2) is 18.4 Å². The molecule has 0 aliphatic carbocycles. The topological polar surface area (TPSA) is 72.0 Å². The number of benzene rings is 1. The van der Waals surface area contributed by atoms with Crippen LogP contribution < -0.4 is 4.72 Å². The SMILES string of the molecule is O=S(=O)(NCc1cccnc1-c1ccncc1)c1cccc(F)c1.